The number of hydrogen-bond acceptors (Lipinski definition) is 7. The molecule has 0 rings (SSSR count). The second-order valence-corrected chi connectivity index (χ2v) is 20.4. The van der Waals surface area contributed by atoms with Crippen molar-refractivity contribution in [3.05, 3.63) is 24.3 Å². The van der Waals surface area contributed by atoms with Crippen molar-refractivity contribution >= 4 is 19.8 Å². The molecule has 366 valence electrons. The molecule has 0 aromatic carbocycles. The van der Waals surface area contributed by atoms with Gasteiger partial charge < -0.3 is 18.9 Å². The number of likely N-dealkylation sites (N-methyl/N-ethyl adjacent to an activating group) is 1. The number of nitrogens with zero attached hydrogens (tertiary/aromatic N) is 1. The molecule has 2 atom stereocenters. The fourth-order valence-electron chi connectivity index (χ4n) is 7.39. The molecular formula is C52H101NO8P+. The third-order valence-corrected chi connectivity index (χ3v) is 12.5. The molecule has 0 aromatic rings. The lowest BCUT2D eigenvalue weighted by atomic mass is 10.0. The van der Waals surface area contributed by atoms with Crippen LogP contribution in [0.15, 0.2) is 24.3 Å². The summed E-state index contributed by atoms with van der Waals surface area (Å²) >= 11 is 0. The zero-order valence-electron chi connectivity index (χ0n) is 41.4. The van der Waals surface area contributed by atoms with E-state index in [-0.39, 0.29) is 25.6 Å². The zero-order chi connectivity index (χ0) is 45.7. The molecule has 9 nitrogen and oxygen atoms in total. The molecule has 0 heterocycles. The average Bonchev–Trinajstić information content (AvgIpc) is 3.23. The Labute approximate surface area is 383 Å². The molecule has 0 saturated carbocycles. The number of phosphoric ester groups is 1. The van der Waals surface area contributed by atoms with Crippen LogP contribution in [-0.4, -0.2) is 74.9 Å². The molecule has 10 heteroatoms. The summed E-state index contributed by atoms with van der Waals surface area (Å²) in [4.78, 5) is 35.5. The van der Waals surface area contributed by atoms with Crippen molar-refractivity contribution < 1.29 is 42.1 Å². The first-order valence-electron chi connectivity index (χ1n) is 26.1. The fraction of sp³-hybridized carbons (Fsp3) is 0.885. The Kier molecular flexibility index (Phi) is 43.6. The Bertz CT molecular complexity index is 1110. The smallest absolute Gasteiger partial charge is 0.462 e. The third-order valence-electron chi connectivity index (χ3n) is 11.5. The van der Waals surface area contributed by atoms with Crippen LogP contribution < -0.4 is 0 Å². The van der Waals surface area contributed by atoms with Crippen LogP contribution in [0.1, 0.15) is 245 Å². The van der Waals surface area contributed by atoms with Crippen molar-refractivity contribution in [2.75, 3.05) is 47.5 Å². The SMILES string of the molecule is CCCC/C=C\C/C=C\CCCCCCCC(=O)OC(COC(=O)CCCCCCCCCCCCCCCCCCCCCCCCCC)COP(=O)(O)OCC[N+](C)(C)C. The van der Waals surface area contributed by atoms with E-state index in [1.165, 1.54) is 148 Å². The monoisotopic (exact) mass is 899 g/mol. The van der Waals surface area contributed by atoms with Gasteiger partial charge in [0.1, 0.15) is 19.8 Å². The number of rotatable bonds is 48. The maximum absolute atomic E-state index is 12.7. The molecule has 0 aliphatic rings. The minimum atomic E-state index is -4.38. The molecule has 62 heavy (non-hydrogen) atoms. The summed E-state index contributed by atoms with van der Waals surface area (Å²) in [6, 6.07) is 0. The highest BCUT2D eigenvalue weighted by Crippen LogP contribution is 2.43. The summed E-state index contributed by atoms with van der Waals surface area (Å²) in [5.41, 5.74) is 0. The maximum atomic E-state index is 12.7. The highest BCUT2D eigenvalue weighted by molar-refractivity contribution is 7.47. The van der Waals surface area contributed by atoms with Crippen LogP contribution in [0.2, 0.25) is 0 Å². The van der Waals surface area contributed by atoms with Gasteiger partial charge in [0, 0.05) is 12.8 Å². The predicted octanol–water partition coefficient (Wildman–Crippen LogP) is 15.5. The number of carbonyl (C=O) groups excluding carboxylic acids is 2. The zero-order valence-corrected chi connectivity index (χ0v) is 42.3. The molecular weight excluding hydrogens is 798 g/mol. The van der Waals surface area contributed by atoms with Crippen molar-refractivity contribution in [1.29, 1.82) is 0 Å². The first kappa shape index (κ1) is 60.5. The van der Waals surface area contributed by atoms with Crippen LogP contribution in [-0.2, 0) is 32.7 Å². The van der Waals surface area contributed by atoms with Crippen molar-refractivity contribution in [1.82, 2.24) is 0 Å². The fourth-order valence-corrected chi connectivity index (χ4v) is 8.13. The summed E-state index contributed by atoms with van der Waals surface area (Å²) in [7, 11) is 1.48. The van der Waals surface area contributed by atoms with Gasteiger partial charge >= 0.3 is 19.8 Å². The summed E-state index contributed by atoms with van der Waals surface area (Å²) in [5, 5.41) is 0. The van der Waals surface area contributed by atoms with Crippen LogP contribution in [0.25, 0.3) is 0 Å². The van der Waals surface area contributed by atoms with E-state index < -0.39 is 26.5 Å². The van der Waals surface area contributed by atoms with Gasteiger partial charge in [-0.15, -0.1) is 0 Å². The Morgan fingerprint density at radius 2 is 0.887 bits per heavy atom. The second-order valence-electron chi connectivity index (χ2n) is 18.9. The Morgan fingerprint density at radius 3 is 1.32 bits per heavy atom. The Morgan fingerprint density at radius 1 is 0.500 bits per heavy atom. The number of hydrogen-bond donors (Lipinski definition) is 1. The molecule has 0 fully saturated rings. The van der Waals surface area contributed by atoms with Gasteiger partial charge in [-0.25, -0.2) is 4.57 Å². The molecule has 0 amide bonds. The number of quaternary nitrogens is 1. The van der Waals surface area contributed by atoms with E-state index in [1.807, 2.05) is 21.1 Å². The van der Waals surface area contributed by atoms with Crippen LogP contribution in [0.3, 0.4) is 0 Å². The molecule has 0 aliphatic carbocycles. The Hall–Kier alpha value is -1.51. The van der Waals surface area contributed by atoms with Gasteiger partial charge in [0.05, 0.1) is 27.7 Å². The van der Waals surface area contributed by atoms with Gasteiger partial charge in [-0.3, -0.25) is 18.6 Å². The van der Waals surface area contributed by atoms with Gasteiger partial charge in [0.15, 0.2) is 6.10 Å². The molecule has 0 aliphatic heterocycles. The van der Waals surface area contributed by atoms with Gasteiger partial charge in [-0.05, 0) is 38.5 Å². The van der Waals surface area contributed by atoms with E-state index in [0.717, 1.165) is 64.2 Å². The van der Waals surface area contributed by atoms with Crippen LogP contribution >= 0.6 is 7.82 Å². The summed E-state index contributed by atoms with van der Waals surface area (Å²) in [6.07, 6.45) is 51.0. The van der Waals surface area contributed by atoms with Crippen molar-refractivity contribution in [2.45, 2.75) is 251 Å². The summed E-state index contributed by atoms with van der Waals surface area (Å²) in [5.74, 6) is -0.803. The number of ether oxygens (including phenoxy) is 2. The first-order chi connectivity index (χ1) is 30.0. The normalized spacial score (nSPS) is 13.6. The van der Waals surface area contributed by atoms with Gasteiger partial charge in [0.2, 0.25) is 0 Å². The van der Waals surface area contributed by atoms with Gasteiger partial charge in [-0.1, -0.05) is 218 Å². The standard InChI is InChI=1S/C52H100NO8P/c1-6-8-10-12-14-16-18-20-22-23-24-25-26-27-28-29-30-31-33-34-36-38-40-42-44-51(54)58-48-50(49-60-62(56,57)59-47-46-53(3,4)5)61-52(55)45-43-41-39-37-35-32-21-19-17-15-13-11-9-7-2/h13,15,19,21,50H,6-12,14,16-18,20,22-49H2,1-5H3/p+1/b15-13-,21-19-. The van der Waals surface area contributed by atoms with Crippen LogP contribution in [0.4, 0.5) is 0 Å². The number of allylic oxidation sites excluding steroid dienone is 4. The van der Waals surface area contributed by atoms with Crippen molar-refractivity contribution in [3.8, 4) is 0 Å². The van der Waals surface area contributed by atoms with Gasteiger partial charge in [0.25, 0.3) is 0 Å². The number of carbonyl (C=O) groups is 2. The molecule has 1 N–H and O–H groups in total. The van der Waals surface area contributed by atoms with E-state index in [0.29, 0.717) is 23.9 Å². The lowest BCUT2D eigenvalue weighted by Gasteiger charge is -2.24. The largest absolute Gasteiger partial charge is 0.472 e. The average molecular weight is 899 g/mol. The highest BCUT2D eigenvalue weighted by Gasteiger charge is 2.27. The van der Waals surface area contributed by atoms with E-state index >= 15 is 0 Å². The van der Waals surface area contributed by atoms with E-state index in [4.69, 9.17) is 18.5 Å². The van der Waals surface area contributed by atoms with Crippen molar-refractivity contribution in [3.63, 3.8) is 0 Å². The predicted molar refractivity (Wildman–Crippen MR) is 261 cm³/mol. The summed E-state index contributed by atoms with van der Waals surface area (Å²) < 4.78 is 34.4. The lowest BCUT2D eigenvalue weighted by Crippen LogP contribution is -2.37. The van der Waals surface area contributed by atoms with Gasteiger partial charge in [-0.2, -0.15) is 0 Å². The molecule has 0 radical (unpaired) electrons. The van der Waals surface area contributed by atoms with Crippen LogP contribution in [0.5, 0.6) is 0 Å². The summed E-state index contributed by atoms with van der Waals surface area (Å²) in [6.45, 7) is 4.40. The van der Waals surface area contributed by atoms with E-state index in [1.54, 1.807) is 0 Å². The van der Waals surface area contributed by atoms with Crippen molar-refractivity contribution in [2.24, 2.45) is 0 Å². The molecule has 2 unspecified atom stereocenters. The maximum Gasteiger partial charge on any atom is 0.472 e. The second kappa shape index (κ2) is 44.7. The van der Waals surface area contributed by atoms with Crippen LogP contribution in [0, 0.1) is 0 Å². The minimum Gasteiger partial charge on any atom is -0.462 e. The number of phosphoric acid groups is 1. The highest BCUT2D eigenvalue weighted by atomic mass is 31.2. The number of unbranched alkanes of at least 4 members (excludes halogenated alkanes) is 30. The quantitative estimate of drug-likeness (QED) is 0.0211. The van der Waals surface area contributed by atoms with E-state index in [2.05, 4.69) is 38.2 Å². The Balaban J connectivity index is 4.14. The molecule has 0 aromatic heterocycles. The molecule has 0 spiro atoms. The lowest BCUT2D eigenvalue weighted by molar-refractivity contribution is -0.870. The third kappa shape index (κ3) is 48.0. The topological polar surface area (TPSA) is 108 Å². The minimum absolute atomic E-state index is 0.0308. The number of esters is 2. The molecule has 0 saturated heterocycles. The molecule has 0 bridgehead atoms. The first-order valence-corrected chi connectivity index (χ1v) is 27.6. The van der Waals surface area contributed by atoms with E-state index in [9.17, 15) is 19.0 Å².